The molecule has 0 radical (unpaired) electrons. The van der Waals surface area contributed by atoms with E-state index < -0.39 is 0 Å². The van der Waals surface area contributed by atoms with E-state index in [4.69, 9.17) is 0 Å². The van der Waals surface area contributed by atoms with Crippen LogP contribution in [-0.4, -0.2) is 24.6 Å². The molecule has 1 aliphatic rings. The number of halogens is 1. The minimum atomic E-state index is -0.250. The highest BCUT2D eigenvalue weighted by atomic mass is 19.1. The van der Waals surface area contributed by atoms with Crippen LogP contribution in [0.15, 0.2) is 12.3 Å². The molecule has 1 N–H and O–H groups in total. The third-order valence-electron chi connectivity index (χ3n) is 3.79. The van der Waals surface area contributed by atoms with Crippen LogP contribution in [0.5, 0.6) is 0 Å². The van der Waals surface area contributed by atoms with Crippen molar-refractivity contribution in [2.45, 2.75) is 39.7 Å². The van der Waals surface area contributed by atoms with Gasteiger partial charge in [-0.15, -0.1) is 0 Å². The summed E-state index contributed by atoms with van der Waals surface area (Å²) in [5.41, 5.74) is 0.969. The van der Waals surface area contributed by atoms with Crippen LogP contribution in [0.2, 0.25) is 0 Å². The molecule has 2 heterocycles. The maximum Gasteiger partial charge on any atom is 0.141 e. The smallest absolute Gasteiger partial charge is 0.141 e. The molecule has 2 rings (SSSR count). The highest BCUT2D eigenvalue weighted by Gasteiger charge is 2.18. The fraction of sp³-hybridized carbons (Fsp3) is 0.667. The quantitative estimate of drug-likeness (QED) is 0.907. The van der Waals surface area contributed by atoms with E-state index in [2.05, 4.69) is 29.0 Å². The lowest BCUT2D eigenvalue weighted by Gasteiger charge is -2.24. The van der Waals surface area contributed by atoms with Gasteiger partial charge in [0, 0.05) is 25.2 Å². The minimum absolute atomic E-state index is 0.250. The molecule has 1 saturated heterocycles. The predicted octanol–water partition coefficient (Wildman–Crippen LogP) is 2.96. The molecule has 0 saturated carbocycles. The van der Waals surface area contributed by atoms with Gasteiger partial charge in [-0.05, 0) is 37.8 Å². The highest BCUT2D eigenvalue weighted by molar-refractivity contribution is 5.47. The highest BCUT2D eigenvalue weighted by Crippen LogP contribution is 2.24. The Morgan fingerprint density at radius 3 is 3.05 bits per heavy atom. The Morgan fingerprint density at radius 1 is 1.42 bits per heavy atom. The minimum Gasteiger partial charge on any atom is -0.356 e. The van der Waals surface area contributed by atoms with Crippen LogP contribution in [0.3, 0.4) is 0 Å². The molecule has 0 bridgehead atoms. The van der Waals surface area contributed by atoms with Crippen molar-refractivity contribution in [2.24, 2.45) is 5.92 Å². The largest absolute Gasteiger partial charge is 0.356 e. The number of rotatable bonds is 4. The third kappa shape index (κ3) is 3.90. The third-order valence-corrected chi connectivity index (χ3v) is 3.79. The summed E-state index contributed by atoms with van der Waals surface area (Å²) in [5, 5.41) is 3.26. The van der Waals surface area contributed by atoms with Crippen LogP contribution in [-0.2, 0) is 6.54 Å². The summed E-state index contributed by atoms with van der Waals surface area (Å²) in [6.07, 6.45) is 5.00. The first-order valence-electron chi connectivity index (χ1n) is 7.30. The van der Waals surface area contributed by atoms with Crippen molar-refractivity contribution in [3.63, 3.8) is 0 Å². The summed E-state index contributed by atoms with van der Waals surface area (Å²) in [5.74, 6) is 1.49. The second-order valence-electron chi connectivity index (χ2n) is 5.44. The summed E-state index contributed by atoms with van der Waals surface area (Å²) in [4.78, 5) is 6.65. The SMILES string of the molecule is CCNCc1cc(F)cnc1N1CCCC(C)CC1. The van der Waals surface area contributed by atoms with E-state index in [0.29, 0.717) is 6.54 Å². The lowest BCUT2D eigenvalue weighted by Crippen LogP contribution is -2.27. The van der Waals surface area contributed by atoms with Crippen LogP contribution in [0, 0.1) is 11.7 Å². The molecule has 1 aliphatic heterocycles. The standard InChI is InChI=1S/C15H24FN3/c1-3-17-10-13-9-14(16)11-18-15(13)19-7-4-5-12(2)6-8-19/h9,11-12,17H,3-8,10H2,1-2H3. The zero-order chi connectivity index (χ0) is 13.7. The molecule has 3 nitrogen and oxygen atoms in total. The van der Waals surface area contributed by atoms with Crippen molar-refractivity contribution in [3.8, 4) is 0 Å². The summed E-state index contributed by atoms with van der Waals surface area (Å²) in [6, 6.07) is 1.61. The molecule has 1 aromatic heterocycles. The van der Waals surface area contributed by atoms with Crippen molar-refractivity contribution in [1.29, 1.82) is 0 Å². The summed E-state index contributed by atoms with van der Waals surface area (Å²) in [6.45, 7) is 7.98. The van der Waals surface area contributed by atoms with E-state index in [9.17, 15) is 4.39 Å². The van der Waals surface area contributed by atoms with Gasteiger partial charge in [-0.3, -0.25) is 0 Å². The molecule has 106 valence electrons. The van der Waals surface area contributed by atoms with Gasteiger partial charge >= 0.3 is 0 Å². The summed E-state index contributed by atoms with van der Waals surface area (Å²) in [7, 11) is 0. The van der Waals surface area contributed by atoms with Crippen molar-refractivity contribution >= 4 is 5.82 Å². The first kappa shape index (κ1) is 14.3. The van der Waals surface area contributed by atoms with E-state index in [1.165, 1.54) is 25.5 Å². The Kier molecular flexibility index (Phi) is 5.14. The lowest BCUT2D eigenvalue weighted by molar-refractivity contribution is 0.521. The molecular weight excluding hydrogens is 241 g/mol. The predicted molar refractivity (Wildman–Crippen MR) is 76.8 cm³/mol. The zero-order valence-corrected chi connectivity index (χ0v) is 12.0. The Labute approximate surface area is 115 Å². The van der Waals surface area contributed by atoms with Gasteiger partial charge in [-0.2, -0.15) is 0 Å². The van der Waals surface area contributed by atoms with Gasteiger partial charge in [-0.1, -0.05) is 13.8 Å². The van der Waals surface area contributed by atoms with Crippen molar-refractivity contribution < 1.29 is 4.39 Å². The molecule has 1 aromatic rings. The van der Waals surface area contributed by atoms with E-state index in [-0.39, 0.29) is 5.82 Å². The Hall–Kier alpha value is -1.16. The molecule has 0 spiro atoms. The number of anilines is 1. The van der Waals surface area contributed by atoms with Crippen LogP contribution in [0.25, 0.3) is 0 Å². The second kappa shape index (κ2) is 6.85. The number of aromatic nitrogens is 1. The molecule has 1 fully saturated rings. The van der Waals surface area contributed by atoms with Crippen LogP contribution in [0.1, 0.15) is 38.7 Å². The molecule has 4 heteroatoms. The second-order valence-corrected chi connectivity index (χ2v) is 5.44. The topological polar surface area (TPSA) is 28.2 Å². The maximum absolute atomic E-state index is 13.4. The van der Waals surface area contributed by atoms with Crippen molar-refractivity contribution in [3.05, 3.63) is 23.6 Å². The van der Waals surface area contributed by atoms with Gasteiger partial charge in [0.2, 0.25) is 0 Å². The fourth-order valence-corrected chi connectivity index (χ4v) is 2.62. The molecule has 1 atom stereocenters. The summed E-state index contributed by atoms with van der Waals surface area (Å²) >= 11 is 0. The Balaban J connectivity index is 2.17. The Morgan fingerprint density at radius 2 is 2.26 bits per heavy atom. The molecule has 0 amide bonds. The average molecular weight is 265 g/mol. The van der Waals surface area contributed by atoms with Crippen LogP contribution in [0.4, 0.5) is 10.2 Å². The van der Waals surface area contributed by atoms with Crippen molar-refractivity contribution in [2.75, 3.05) is 24.5 Å². The number of pyridine rings is 1. The molecule has 0 aliphatic carbocycles. The number of hydrogen-bond acceptors (Lipinski definition) is 3. The number of nitrogens with one attached hydrogen (secondary N) is 1. The van der Waals surface area contributed by atoms with Gasteiger partial charge in [0.25, 0.3) is 0 Å². The molecule has 1 unspecified atom stereocenters. The van der Waals surface area contributed by atoms with Gasteiger partial charge in [0.1, 0.15) is 11.6 Å². The first-order chi connectivity index (χ1) is 9.20. The van der Waals surface area contributed by atoms with Gasteiger partial charge in [-0.25, -0.2) is 9.37 Å². The molecule has 19 heavy (non-hydrogen) atoms. The number of hydrogen-bond donors (Lipinski definition) is 1. The van der Waals surface area contributed by atoms with Crippen LogP contribution >= 0.6 is 0 Å². The van der Waals surface area contributed by atoms with Gasteiger partial charge in [0.05, 0.1) is 6.20 Å². The molecule has 0 aromatic carbocycles. The van der Waals surface area contributed by atoms with E-state index >= 15 is 0 Å². The van der Waals surface area contributed by atoms with Crippen LogP contribution < -0.4 is 10.2 Å². The number of nitrogens with zero attached hydrogens (tertiary/aromatic N) is 2. The van der Waals surface area contributed by atoms with Gasteiger partial charge in [0.15, 0.2) is 0 Å². The zero-order valence-electron chi connectivity index (χ0n) is 12.0. The maximum atomic E-state index is 13.4. The van der Waals surface area contributed by atoms with E-state index in [1.807, 2.05) is 0 Å². The average Bonchev–Trinajstić information content (AvgIpc) is 2.61. The normalized spacial score (nSPS) is 20.4. The lowest BCUT2D eigenvalue weighted by atomic mass is 10.0. The molecular formula is C15H24FN3. The van der Waals surface area contributed by atoms with E-state index in [0.717, 1.165) is 36.9 Å². The van der Waals surface area contributed by atoms with Gasteiger partial charge < -0.3 is 10.2 Å². The first-order valence-corrected chi connectivity index (χ1v) is 7.30. The van der Waals surface area contributed by atoms with Crippen molar-refractivity contribution in [1.82, 2.24) is 10.3 Å². The summed E-state index contributed by atoms with van der Waals surface area (Å²) < 4.78 is 13.4. The fourth-order valence-electron chi connectivity index (χ4n) is 2.62. The monoisotopic (exact) mass is 265 g/mol. The Bertz CT molecular complexity index is 408. The van der Waals surface area contributed by atoms with E-state index in [1.54, 1.807) is 6.07 Å².